The normalized spacial score (nSPS) is 12.1. The molecule has 0 fully saturated rings. The van der Waals surface area contributed by atoms with Crippen LogP contribution in [0, 0.1) is 6.92 Å². The topological polar surface area (TPSA) is 95.3 Å². The first-order valence-electron chi connectivity index (χ1n) is 13.8. The SMILES string of the molecule is Cc1cc(CN(Cc2ccccn2)Cc2ccccn2)c(S(=O)O)c(CN(Cc2ccccn2)Cc2ccccn2)c1. The van der Waals surface area contributed by atoms with Crippen LogP contribution in [0.4, 0.5) is 0 Å². The maximum absolute atomic E-state index is 13.0. The molecule has 42 heavy (non-hydrogen) atoms. The number of benzene rings is 1. The fourth-order valence-electron chi connectivity index (χ4n) is 5.09. The van der Waals surface area contributed by atoms with Crippen LogP contribution in [-0.4, -0.2) is 38.5 Å². The van der Waals surface area contributed by atoms with Crippen LogP contribution in [0.3, 0.4) is 0 Å². The number of hydrogen-bond acceptors (Lipinski definition) is 7. The van der Waals surface area contributed by atoms with Gasteiger partial charge in [0.15, 0.2) is 11.1 Å². The highest BCUT2D eigenvalue weighted by atomic mass is 32.2. The van der Waals surface area contributed by atoms with E-state index in [0.29, 0.717) is 44.2 Å². The van der Waals surface area contributed by atoms with E-state index in [0.717, 1.165) is 39.5 Å². The number of aryl methyl sites for hydroxylation is 1. The van der Waals surface area contributed by atoms with Crippen LogP contribution in [0.2, 0.25) is 0 Å². The van der Waals surface area contributed by atoms with E-state index in [9.17, 15) is 8.76 Å². The lowest BCUT2D eigenvalue weighted by atomic mass is 10.0. The second kappa shape index (κ2) is 14.7. The Labute approximate surface area is 249 Å². The minimum atomic E-state index is -2.19. The van der Waals surface area contributed by atoms with Crippen LogP contribution < -0.4 is 0 Å². The van der Waals surface area contributed by atoms with Crippen LogP contribution >= 0.6 is 0 Å². The molecule has 0 amide bonds. The number of pyridine rings is 4. The lowest BCUT2D eigenvalue weighted by Gasteiger charge is -2.26. The lowest BCUT2D eigenvalue weighted by molar-refractivity contribution is 0.233. The van der Waals surface area contributed by atoms with Crippen molar-refractivity contribution in [3.8, 4) is 0 Å². The van der Waals surface area contributed by atoms with Gasteiger partial charge in [-0.15, -0.1) is 0 Å². The average Bonchev–Trinajstić information content (AvgIpc) is 2.99. The zero-order chi connectivity index (χ0) is 29.1. The second-order valence-corrected chi connectivity index (χ2v) is 11.1. The molecule has 1 aromatic carbocycles. The molecule has 0 saturated carbocycles. The van der Waals surface area contributed by atoms with Crippen molar-refractivity contribution in [1.82, 2.24) is 29.7 Å². The molecule has 5 rings (SSSR count). The predicted molar refractivity (Wildman–Crippen MR) is 163 cm³/mol. The largest absolute Gasteiger partial charge is 0.302 e. The summed E-state index contributed by atoms with van der Waals surface area (Å²) in [5.41, 5.74) is 6.34. The van der Waals surface area contributed by atoms with Gasteiger partial charge in [0.1, 0.15) is 0 Å². The van der Waals surface area contributed by atoms with Gasteiger partial charge < -0.3 is 4.55 Å². The van der Waals surface area contributed by atoms with Crippen molar-refractivity contribution in [3.63, 3.8) is 0 Å². The van der Waals surface area contributed by atoms with Crippen molar-refractivity contribution in [2.24, 2.45) is 0 Å². The maximum atomic E-state index is 13.0. The molecule has 1 atom stereocenters. The molecule has 4 heterocycles. The summed E-state index contributed by atoms with van der Waals surface area (Å²) in [6.45, 7) is 5.25. The molecule has 0 bridgehead atoms. The summed E-state index contributed by atoms with van der Waals surface area (Å²) in [5.74, 6) is 0. The Hall–Kier alpha value is -4.15. The first-order valence-corrected chi connectivity index (χ1v) is 14.9. The summed E-state index contributed by atoms with van der Waals surface area (Å²) in [4.78, 5) is 23.0. The fourth-order valence-corrected chi connectivity index (χ4v) is 5.78. The van der Waals surface area contributed by atoms with Crippen LogP contribution in [0.15, 0.2) is 115 Å². The van der Waals surface area contributed by atoms with Gasteiger partial charge in [0.2, 0.25) is 0 Å². The highest BCUT2D eigenvalue weighted by molar-refractivity contribution is 7.79. The Bertz CT molecular complexity index is 1380. The van der Waals surface area contributed by atoms with E-state index in [1.165, 1.54) is 0 Å². The quantitative estimate of drug-likeness (QED) is 0.182. The molecule has 214 valence electrons. The molecule has 0 saturated heterocycles. The molecule has 0 spiro atoms. The standard InChI is InChI=1S/C33H34N6O2S/c1-26-18-27(20-38(22-29-10-2-6-14-34-29)23-30-11-3-7-15-35-30)33(42(40)41)28(19-26)21-39(24-31-12-4-8-16-36-31)25-32-13-5-9-17-37-32/h2-19H,20-25H2,1H3,(H,40,41). The molecule has 1 unspecified atom stereocenters. The Balaban J connectivity index is 1.47. The average molecular weight is 579 g/mol. The van der Waals surface area contributed by atoms with Crippen LogP contribution in [0.5, 0.6) is 0 Å². The third kappa shape index (κ3) is 8.43. The van der Waals surface area contributed by atoms with E-state index in [4.69, 9.17) is 0 Å². The second-order valence-electron chi connectivity index (χ2n) is 10.2. The van der Waals surface area contributed by atoms with Crippen molar-refractivity contribution < 1.29 is 8.76 Å². The van der Waals surface area contributed by atoms with Gasteiger partial charge in [-0.25, -0.2) is 4.21 Å². The summed E-state index contributed by atoms with van der Waals surface area (Å²) in [6, 6.07) is 27.5. The molecule has 5 aromatic rings. The van der Waals surface area contributed by atoms with Crippen LogP contribution in [-0.2, 0) is 50.3 Å². The number of hydrogen-bond donors (Lipinski definition) is 1. The number of nitrogens with zero attached hydrogens (tertiary/aromatic N) is 6. The summed E-state index contributed by atoms with van der Waals surface area (Å²) >= 11 is -2.19. The van der Waals surface area contributed by atoms with Gasteiger partial charge in [0.05, 0.1) is 27.7 Å². The Morgan fingerprint density at radius 1 is 0.571 bits per heavy atom. The first-order chi connectivity index (χ1) is 20.5. The summed E-state index contributed by atoms with van der Waals surface area (Å²) in [7, 11) is 0. The zero-order valence-electron chi connectivity index (χ0n) is 23.6. The molecule has 1 N–H and O–H groups in total. The number of aromatic nitrogens is 4. The minimum absolute atomic E-state index is 0.444. The van der Waals surface area contributed by atoms with Crippen molar-refractivity contribution in [1.29, 1.82) is 0 Å². The van der Waals surface area contributed by atoms with E-state index >= 15 is 0 Å². The van der Waals surface area contributed by atoms with E-state index < -0.39 is 11.1 Å². The van der Waals surface area contributed by atoms with Crippen LogP contribution in [0.1, 0.15) is 39.5 Å². The van der Waals surface area contributed by atoms with E-state index in [-0.39, 0.29) is 0 Å². The lowest BCUT2D eigenvalue weighted by Crippen LogP contribution is -2.26. The molecular weight excluding hydrogens is 544 g/mol. The van der Waals surface area contributed by atoms with Gasteiger partial charge >= 0.3 is 0 Å². The summed E-state index contributed by atoms with van der Waals surface area (Å²) in [6.07, 6.45) is 7.13. The van der Waals surface area contributed by atoms with Crippen molar-refractivity contribution >= 4 is 11.1 Å². The Morgan fingerprint density at radius 3 is 1.17 bits per heavy atom. The minimum Gasteiger partial charge on any atom is -0.302 e. The fraction of sp³-hybridized carbons (Fsp3) is 0.212. The van der Waals surface area contributed by atoms with Gasteiger partial charge in [0.25, 0.3) is 0 Å². The van der Waals surface area contributed by atoms with Gasteiger partial charge in [-0.05, 0) is 66.6 Å². The molecular formula is C33H34N6O2S. The maximum Gasteiger partial charge on any atom is 0.187 e. The third-order valence-corrected chi connectivity index (χ3v) is 7.67. The summed E-state index contributed by atoms with van der Waals surface area (Å²) < 4.78 is 23.6. The van der Waals surface area contributed by atoms with Crippen molar-refractivity contribution in [2.45, 2.75) is 51.1 Å². The number of rotatable bonds is 13. The molecule has 4 aromatic heterocycles. The molecule has 0 aliphatic rings. The third-order valence-electron chi connectivity index (χ3n) is 6.80. The Kier molecular flexibility index (Phi) is 10.2. The van der Waals surface area contributed by atoms with Crippen molar-refractivity contribution in [2.75, 3.05) is 0 Å². The van der Waals surface area contributed by atoms with Gasteiger partial charge in [-0.2, -0.15) is 0 Å². The van der Waals surface area contributed by atoms with Crippen LogP contribution in [0.25, 0.3) is 0 Å². The highest BCUT2D eigenvalue weighted by Gasteiger charge is 2.21. The molecule has 0 radical (unpaired) electrons. The van der Waals surface area contributed by atoms with E-state index in [1.807, 2.05) is 91.9 Å². The van der Waals surface area contributed by atoms with Crippen molar-refractivity contribution in [3.05, 3.63) is 149 Å². The van der Waals surface area contributed by atoms with Gasteiger partial charge in [-0.3, -0.25) is 29.7 Å². The van der Waals surface area contributed by atoms with Gasteiger partial charge in [-0.1, -0.05) is 42.0 Å². The van der Waals surface area contributed by atoms with Gasteiger partial charge in [0, 0.05) is 64.1 Å². The first kappa shape index (κ1) is 29.3. The predicted octanol–water partition coefficient (Wildman–Crippen LogP) is 5.56. The highest BCUT2D eigenvalue weighted by Crippen LogP contribution is 2.26. The van der Waals surface area contributed by atoms with E-state index in [2.05, 4.69) is 29.7 Å². The molecule has 8 nitrogen and oxygen atoms in total. The smallest absolute Gasteiger partial charge is 0.187 e. The Morgan fingerprint density at radius 2 is 0.905 bits per heavy atom. The zero-order valence-corrected chi connectivity index (χ0v) is 24.4. The molecule has 0 aliphatic carbocycles. The molecule has 0 aliphatic heterocycles. The summed E-state index contributed by atoms with van der Waals surface area (Å²) in [5, 5.41) is 0. The monoisotopic (exact) mass is 578 g/mol. The van der Waals surface area contributed by atoms with E-state index in [1.54, 1.807) is 24.8 Å². The molecule has 9 heteroatoms.